The summed E-state index contributed by atoms with van der Waals surface area (Å²) in [5, 5.41) is 6.23. The van der Waals surface area contributed by atoms with Crippen molar-refractivity contribution in [3.05, 3.63) is 105 Å². The lowest BCUT2D eigenvalue weighted by Gasteiger charge is -2.21. The van der Waals surface area contributed by atoms with Gasteiger partial charge >= 0.3 is 0 Å². The largest absolute Gasteiger partial charge is 0.497 e. The molecule has 1 aliphatic heterocycles. The zero-order valence-electron chi connectivity index (χ0n) is 23.4. The molecular formula is C31H34N6O4. The Kier molecular flexibility index (Phi) is 8.19. The van der Waals surface area contributed by atoms with E-state index >= 15 is 0 Å². The lowest BCUT2D eigenvalue weighted by molar-refractivity contribution is -0.124. The molecule has 0 saturated carbocycles. The van der Waals surface area contributed by atoms with E-state index in [9.17, 15) is 9.59 Å². The summed E-state index contributed by atoms with van der Waals surface area (Å²) < 4.78 is 12.5. The van der Waals surface area contributed by atoms with Crippen LogP contribution in [0.3, 0.4) is 0 Å². The molecule has 10 heteroatoms. The number of pyridine rings is 1. The van der Waals surface area contributed by atoms with E-state index in [0.717, 1.165) is 39.6 Å². The van der Waals surface area contributed by atoms with Crippen LogP contribution in [-0.2, 0) is 17.8 Å². The minimum absolute atomic E-state index is 0.129. The minimum Gasteiger partial charge on any atom is -0.497 e. The van der Waals surface area contributed by atoms with Crippen molar-refractivity contribution < 1.29 is 14.3 Å². The fraction of sp³-hybridized carbons (Fsp3) is 0.290. The minimum atomic E-state index is -0.615. The predicted octanol–water partition coefficient (Wildman–Crippen LogP) is 3.59. The number of aryl methyl sites for hydroxylation is 2. The normalized spacial score (nSPS) is 14.0. The fourth-order valence-electron chi connectivity index (χ4n) is 5.25. The quantitative estimate of drug-likeness (QED) is 0.271. The Balaban J connectivity index is 1.37. The van der Waals surface area contributed by atoms with E-state index in [2.05, 4.69) is 20.6 Å². The van der Waals surface area contributed by atoms with E-state index in [-0.39, 0.29) is 23.2 Å². The van der Waals surface area contributed by atoms with Gasteiger partial charge in [-0.1, -0.05) is 30.3 Å². The van der Waals surface area contributed by atoms with E-state index in [1.165, 1.54) is 0 Å². The molecule has 10 nitrogen and oxygen atoms in total. The number of carbonyl (C=O) groups excluding carboxylic acids is 1. The second-order valence-electron chi connectivity index (χ2n) is 10.0. The first-order chi connectivity index (χ1) is 19.9. The summed E-state index contributed by atoms with van der Waals surface area (Å²) in [7, 11) is 3.27. The van der Waals surface area contributed by atoms with Gasteiger partial charge in [-0.3, -0.25) is 14.2 Å². The van der Waals surface area contributed by atoms with Crippen LogP contribution in [0.25, 0.3) is 0 Å². The number of ether oxygens (including phenoxy) is 2. The molecule has 2 aromatic heterocycles. The predicted molar refractivity (Wildman–Crippen MR) is 157 cm³/mol. The number of rotatable bonds is 10. The number of methoxy groups -OCH3 is 2. The molecule has 0 spiro atoms. The van der Waals surface area contributed by atoms with Crippen LogP contribution in [0.4, 0.5) is 11.6 Å². The molecule has 1 atom stereocenters. The lowest BCUT2D eigenvalue weighted by atomic mass is 9.91. The highest BCUT2D eigenvalue weighted by Crippen LogP contribution is 2.30. The third-order valence-electron chi connectivity index (χ3n) is 7.50. The monoisotopic (exact) mass is 554 g/mol. The molecule has 5 rings (SSSR count). The van der Waals surface area contributed by atoms with Crippen LogP contribution in [0.2, 0.25) is 0 Å². The summed E-state index contributed by atoms with van der Waals surface area (Å²) in [5.74, 6) is 1.76. The maximum atomic E-state index is 13.6. The highest BCUT2D eigenvalue weighted by atomic mass is 16.5. The second-order valence-corrected chi connectivity index (χ2v) is 10.0. The smallest absolute Gasteiger partial charge is 0.294 e. The summed E-state index contributed by atoms with van der Waals surface area (Å²) >= 11 is 0. The number of nitrogens with zero attached hydrogens (tertiary/aromatic N) is 3. The standard InChI is InChI=1S/C31H34N6O4/c1-19-22(10-13-28(32)36-19)16-35-30(38)27-12-11-23-17-33-29(31(39)37(23)27)34-18-26(20-6-4-8-24(14-20)40-2)21-7-5-9-25(15-21)41-3/h4-10,13-15,17,26-27H,11-12,16,18H2,1-3H3,(H2,32,36)(H,33,34)(H,35,38)/t27-/m0/s1. The number of nitrogens with two attached hydrogens (primary N) is 1. The maximum absolute atomic E-state index is 13.6. The number of hydrogen-bond donors (Lipinski definition) is 3. The van der Waals surface area contributed by atoms with E-state index in [4.69, 9.17) is 15.2 Å². The third kappa shape index (κ3) is 6.01. The van der Waals surface area contributed by atoms with E-state index in [0.29, 0.717) is 31.7 Å². The van der Waals surface area contributed by atoms with Gasteiger partial charge in [0.15, 0.2) is 5.82 Å². The lowest BCUT2D eigenvalue weighted by Crippen LogP contribution is -2.36. The van der Waals surface area contributed by atoms with Crippen molar-refractivity contribution in [3.8, 4) is 11.5 Å². The van der Waals surface area contributed by atoms with E-state index in [1.54, 1.807) is 31.0 Å². The number of nitrogens with one attached hydrogen (secondary N) is 2. The molecule has 3 heterocycles. The van der Waals surface area contributed by atoms with Crippen molar-refractivity contribution in [2.75, 3.05) is 31.8 Å². The third-order valence-corrected chi connectivity index (χ3v) is 7.50. The average molecular weight is 555 g/mol. The number of nitrogen functional groups attached to an aromatic ring is 1. The van der Waals surface area contributed by atoms with Crippen molar-refractivity contribution in [2.24, 2.45) is 0 Å². The zero-order chi connectivity index (χ0) is 28.9. The van der Waals surface area contributed by atoms with Crippen LogP contribution in [0.15, 0.2) is 71.7 Å². The summed E-state index contributed by atoms with van der Waals surface area (Å²) in [6, 6.07) is 18.6. The van der Waals surface area contributed by atoms with Crippen LogP contribution in [0.1, 0.15) is 46.5 Å². The molecule has 0 bridgehead atoms. The van der Waals surface area contributed by atoms with Crippen molar-refractivity contribution >= 4 is 17.5 Å². The molecular weight excluding hydrogens is 520 g/mol. The molecule has 0 unspecified atom stereocenters. The number of amides is 1. The first-order valence-electron chi connectivity index (χ1n) is 13.5. The van der Waals surface area contributed by atoms with Crippen LogP contribution >= 0.6 is 0 Å². The molecule has 4 aromatic rings. The molecule has 212 valence electrons. The number of aromatic nitrogens is 3. The van der Waals surface area contributed by atoms with Crippen molar-refractivity contribution in [1.29, 1.82) is 0 Å². The molecule has 0 fully saturated rings. The molecule has 41 heavy (non-hydrogen) atoms. The Morgan fingerprint density at radius 3 is 2.39 bits per heavy atom. The van der Waals surface area contributed by atoms with Crippen LogP contribution in [-0.4, -0.2) is 41.2 Å². The Hall–Kier alpha value is -4.86. The van der Waals surface area contributed by atoms with Gasteiger partial charge in [-0.05, 0) is 66.8 Å². The summed E-state index contributed by atoms with van der Waals surface area (Å²) in [5.41, 5.74) is 9.81. The fourth-order valence-corrected chi connectivity index (χ4v) is 5.25. The summed E-state index contributed by atoms with van der Waals surface area (Å²) in [4.78, 5) is 35.5. The van der Waals surface area contributed by atoms with Gasteiger partial charge in [0.25, 0.3) is 5.56 Å². The van der Waals surface area contributed by atoms with Gasteiger partial charge in [-0.15, -0.1) is 0 Å². The first-order valence-corrected chi connectivity index (χ1v) is 13.5. The molecule has 1 aliphatic rings. The van der Waals surface area contributed by atoms with Gasteiger partial charge in [-0.2, -0.15) is 0 Å². The zero-order valence-corrected chi connectivity index (χ0v) is 23.4. The SMILES string of the molecule is COc1cccc(C(CNc2ncc3n(c2=O)[C@H](C(=O)NCc2ccc(N)nc2C)CC3)c2cccc(OC)c2)c1. The molecule has 0 saturated heterocycles. The second kappa shape index (κ2) is 12.1. The maximum Gasteiger partial charge on any atom is 0.294 e. The molecule has 0 radical (unpaired) electrons. The highest BCUT2D eigenvalue weighted by molar-refractivity contribution is 5.81. The molecule has 2 aromatic carbocycles. The van der Waals surface area contributed by atoms with E-state index in [1.807, 2.05) is 61.5 Å². The average Bonchev–Trinajstić information content (AvgIpc) is 3.43. The Labute approximate surface area is 238 Å². The van der Waals surface area contributed by atoms with Crippen LogP contribution < -0.4 is 31.4 Å². The van der Waals surface area contributed by atoms with Crippen molar-refractivity contribution in [2.45, 2.75) is 38.3 Å². The number of carbonyl (C=O) groups is 1. The number of fused-ring (bicyclic) bond motifs is 1. The Morgan fingerprint density at radius 2 is 1.76 bits per heavy atom. The van der Waals surface area contributed by atoms with Gasteiger partial charge in [0, 0.05) is 36.6 Å². The summed E-state index contributed by atoms with van der Waals surface area (Å²) in [6.45, 7) is 2.54. The van der Waals surface area contributed by atoms with Crippen LogP contribution in [0, 0.1) is 6.92 Å². The molecule has 4 N–H and O–H groups in total. The Morgan fingerprint density at radius 1 is 1.07 bits per heavy atom. The van der Waals surface area contributed by atoms with Crippen molar-refractivity contribution in [3.63, 3.8) is 0 Å². The number of hydrogen-bond acceptors (Lipinski definition) is 8. The highest BCUT2D eigenvalue weighted by Gasteiger charge is 2.31. The number of anilines is 2. The topological polar surface area (TPSA) is 133 Å². The molecule has 0 aliphatic carbocycles. The molecule has 1 amide bonds. The van der Waals surface area contributed by atoms with Crippen molar-refractivity contribution in [1.82, 2.24) is 19.9 Å². The van der Waals surface area contributed by atoms with E-state index < -0.39 is 6.04 Å². The van der Waals surface area contributed by atoms with Gasteiger partial charge in [0.1, 0.15) is 23.4 Å². The van der Waals surface area contributed by atoms with Crippen LogP contribution in [0.5, 0.6) is 11.5 Å². The number of benzene rings is 2. The Bertz CT molecular complexity index is 1570. The van der Waals surface area contributed by atoms with Gasteiger partial charge < -0.3 is 25.8 Å². The van der Waals surface area contributed by atoms with Gasteiger partial charge in [0.05, 0.1) is 14.2 Å². The van der Waals surface area contributed by atoms with Gasteiger partial charge in [0.2, 0.25) is 5.91 Å². The first kappa shape index (κ1) is 27.7. The summed E-state index contributed by atoms with van der Waals surface area (Å²) in [6.07, 6.45) is 2.80. The van der Waals surface area contributed by atoms with Gasteiger partial charge in [-0.25, -0.2) is 9.97 Å².